The van der Waals surface area contributed by atoms with E-state index in [1.807, 2.05) is 54.6 Å². The molecule has 0 fully saturated rings. The molecule has 152 valence electrons. The highest BCUT2D eigenvalue weighted by Gasteiger charge is 2.20. The van der Waals surface area contributed by atoms with Crippen LogP contribution in [0.15, 0.2) is 78.0 Å². The molecule has 0 saturated carbocycles. The molecule has 0 aliphatic carbocycles. The molecule has 3 aromatic carbocycles. The summed E-state index contributed by atoms with van der Waals surface area (Å²) in [6, 6.07) is 24.2. The molecule has 0 bridgehead atoms. The van der Waals surface area contributed by atoms with Crippen LogP contribution in [0.1, 0.15) is 5.01 Å². The van der Waals surface area contributed by atoms with Crippen molar-refractivity contribution in [1.82, 2.24) is 19.7 Å². The van der Waals surface area contributed by atoms with Gasteiger partial charge in [-0.3, -0.25) is 4.57 Å². The van der Waals surface area contributed by atoms with E-state index >= 15 is 0 Å². The molecule has 0 atom stereocenters. The van der Waals surface area contributed by atoms with Gasteiger partial charge in [0.15, 0.2) is 22.5 Å². The predicted molar refractivity (Wildman–Crippen MR) is 122 cm³/mol. The van der Waals surface area contributed by atoms with Crippen LogP contribution in [0.4, 0.5) is 0 Å². The summed E-state index contributed by atoms with van der Waals surface area (Å²) in [5.74, 6) is 2.96. The summed E-state index contributed by atoms with van der Waals surface area (Å²) in [6.45, 7) is 0.243. The highest BCUT2D eigenvalue weighted by molar-refractivity contribution is 7.98. The fourth-order valence-electron chi connectivity index (χ4n) is 3.50. The average molecular weight is 445 g/mol. The second-order valence-corrected chi connectivity index (χ2v) is 8.97. The van der Waals surface area contributed by atoms with Gasteiger partial charge in [0, 0.05) is 11.3 Å². The smallest absolute Gasteiger partial charge is 0.231 e. The third kappa shape index (κ3) is 3.43. The van der Waals surface area contributed by atoms with Crippen LogP contribution in [-0.4, -0.2) is 26.5 Å². The zero-order valence-corrected chi connectivity index (χ0v) is 17.9. The minimum Gasteiger partial charge on any atom is -0.454 e. The molecular weight excluding hydrogens is 428 g/mol. The average Bonchev–Trinajstić information content (AvgIpc) is 3.55. The van der Waals surface area contributed by atoms with E-state index in [2.05, 4.69) is 33.0 Å². The van der Waals surface area contributed by atoms with Gasteiger partial charge in [0.05, 0.1) is 16.0 Å². The zero-order chi connectivity index (χ0) is 20.6. The lowest BCUT2D eigenvalue weighted by molar-refractivity contribution is 0.174. The number of thiazole rings is 1. The van der Waals surface area contributed by atoms with Crippen molar-refractivity contribution in [2.24, 2.45) is 0 Å². The number of ether oxygens (including phenoxy) is 2. The minimum atomic E-state index is 0.243. The van der Waals surface area contributed by atoms with E-state index in [4.69, 9.17) is 14.5 Å². The van der Waals surface area contributed by atoms with Crippen molar-refractivity contribution >= 4 is 33.3 Å². The topological polar surface area (TPSA) is 62.1 Å². The number of benzene rings is 3. The van der Waals surface area contributed by atoms with Crippen LogP contribution in [0.25, 0.3) is 27.3 Å². The molecule has 5 aromatic rings. The van der Waals surface area contributed by atoms with Gasteiger partial charge in [0.25, 0.3) is 0 Å². The molecule has 3 heterocycles. The van der Waals surface area contributed by atoms with Gasteiger partial charge in [-0.15, -0.1) is 21.5 Å². The van der Waals surface area contributed by atoms with E-state index < -0.39 is 0 Å². The van der Waals surface area contributed by atoms with Gasteiger partial charge in [-0.05, 0) is 42.5 Å². The van der Waals surface area contributed by atoms with Crippen molar-refractivity contribution in [3.05, 3.63) is 77.8 Å². The van der Waals surface area contributed by atoms with Gasteiger partial charge >= 0.3 is 0 Å². The maximum absolute atomic E-state index is 5.56. The summed E-state index contributed by atoms with van der Waals surface area (Å²) in [4.78, 5) is 4.74. The van der Waals surface area contributed by atoms with Crippen LogP contribution >= 0.6 is 23.1 Å². The highest BCUT2D eigenvalue weighted by atomic mass is 32.2. The molecule has 6 rings (SSSR count). The molecular formula is C23H16N4O2S2. The van der Waals surface area contributed by atoms with E-state index in [0.29, 0.717) is 0 Å². The number of hydrogen-bond acceptors (Lipinski definition) is 7. The Morgan fingerprint density at radius 3 is 2.65 bits per heavy atom. The van der Waals surface area contributed by atoms with Crippen LogP contribution in [0.3, 0.4) is 0 Å². The first-order valence-electron chi connectivity index (χ1n) is 9.73. The Morgan fingerprint density at radius 2 is 1.74 bits per heavy atom. The molecule has 0 unspecified atom stereocenters. The lowest BCUT2D eigenvalue weighted by atomic mass is 10.2. The fraction of sp³-hybridized carbons (Fsp3) is 0.0870. The van der Waals surface area contributed by atoms with E-state index in [1.165, 1.54) is 4.70 Å². The summed E-state index contributed by atoms with van der Waals surface area (Å²) in [7, 11) is 0. The summed E-state index contributed by atoms with van der Waals surface area (Å²) >= 11 is 3.35. The highest BCUT2D eigenvalue weighted by Crippen LogP contribution is 2.37. The standard InChI is InChI=1S/C23H16N4O2S2/c1-2-6-16(7-3-1)27-22(15-10-11-18-19(12-15)29-14-28-18)25-26-23(27)30-13-21-24-17-8-4-5-9-20(17)31-21/h1-12H,13-14H2. The Balaban J connectivity index is 1.38. The number of nitrogens with zero attached hydrogens (tertiary/aromatic N) is 4. The monoisotopic (exact) mass is 444 g/mol. The zero-order valence-electron chi connectivity index (χ0n) is 16.3. The predicted octanol–water partition coefficient (Wildman–Crippen LogP) is 5.57. The van der Waals surface area contributed by atoms with E-state index in [0.717, 1.165) is 50.0 Å². The normalized spacial score (nSPS) is 12.5. The number of para-hydroxylation sites is 2. The Hall–Kier alpha value is -3.36. The van der Waals surface area contributed by atoms with Gasteiger partial charge in [-0.2, -0.15) is 0 Å². The number of aromatic nitrogens is 4. The molecule has 1 aliphatic heterocycles. The van der Waals surface area contributed by atoms with Crippen LogP contribution in [-0.2, 0) is 5.75 Å². The van der Waals surface area contributed by atoms with Gasteiger partial charge in [-0.1, -0.05) is 42.1 Å². The number of rotatable bonds is 5. The van der Waals surface area contributed by atoms with Crippen molar-refractivity contribution in [2.75, 3.05) is 6.79 Å². The molecule has 8 heteroatoms. The molecule has 0 spiro atoms. The van der Waals surface area contributed by atoms with Crippen molar-refractivity contribution in [1.29, 1.82) is 0 Å². The lowest BCUT2D eigenvalue weighted by Crippen LogP contribution is -1.99. The second-order valence-electron chi connectivity index (χ2n) is 6.91. The molecule has 0 saturated heterocycles. The van der Waals surface area contributed by atoms with E-state index in [9.17, 15) is 0 Å². The molecule has 0 amide bonds. The summed E-state index contributed by atoms with van der Waals surface area (Å²) < 4.78 is 14.3. The van der Waals surface area contributed by atoms with Crippen LogP contribution < -0.4 is 9.47 Å². The largest absolute Gasteiger partial charge is 0.454 e. The Bertz CT molecular complexity index is 1350. The van der Waals surface area contributed by atoms with Crippen molar-refractivity contribution in [2.45, 2.75) is 10.9 Å². The quantitative estimate of drug-likeness (QED) is 0.331. The fourth-order valence-corrected chi connectivity index (χ4v) is 5.42. The summed E-state index contributed by atoms with van der Waals surface area (Å²) in [5.41, 5.74) is 2.97. The number of fused-ring (bicyclic) bond motifs is 2. The number of hydrogen-bond donors (Lipinski definition) is 0. The Labute approximate surface area is 186 Å². The molecule has 1 aliphatic rings. The Kier molecular flexibility index (Phi) is 4.58. The SMILES string of the molecule is c1ccc(-n2c(SCc3nc4ccccc4s3)nnc2-c2ccc3c(c2)OCO3)cc1. The first kappa shape index (κ1) is 18.4. The first-order chi connectivity index (χ1) is 15.3. The van der Waals surface area contributed by atoms with Crippen molar-refractivity contribution in [3.63, 3.8) is 0 Å². The second kappa shape index (κ2) is 7.72. The first-order valence-corrected chi connectivity index (χ1v) is 11.5. The summed E-state index contributed by atoms with van der Waals surface area (Å²) in [6.07, 6.45) is 0. The summed E-state index contributed by atoms with van der Waals surface area (Å²) in [5, 5.41) is 10.9. The van der Waals surface area contributed by atoms with Crippen molar-refractivity contribution < 1.29 is 9.47 Å². The van der Waals surface area contributed by atoms with Crippen molar-refractivity contribution in [3.8, 4) is 28.6 Å². The third-order valence-corrected chi connectivity index (χ3v) is 7.10. The maximum Gasteiger partial charge on any atom is 0.231 e. The third-order valence-electron chi connectivity index (χ3n) is 4.94. The lowest BCUT2D eigenvalue weighted by Gasteiger charge is -2.10. The van der Waals surface area contributed by atoms with E-state index in [-0.39, 0.29) is 6.79 Å². The number of thioether (sulfide) groups is 1. The molecule has 0 N–H and O–H groups in total. The van der Waals surface area contributed by atoms with Crippen LogP contribution in [0, 0.1) is 0 Å². The van der Waals surface area contributed by atoms with Gasteiger partial charge in [0.1, 0.15) is 5.01 Å². The Morgan fingerprint density at radius 1 is 0.903 bits per heavy atom. The molecule has 2 aromatic heterocycles. The van der Waals surface area contributed by atoms with Gasteiger partial charge in [0.2, 0.25) is 6.79 Å². The minimum absolute atomic E-state index is 0.243. The molecule has 0 radical (unpaired) electrons. The van der Waals surface area contributed by atoms with Gasteiger partial charge in [-0.25, -0.2) is 4.98 Å². The molecule has 31 heavy (non-hydrogen) atoms. The van der Waals surface area contributed by atoms with E-state index in [1.54, 1.807) is 23.1 Å². The van der Waals surface area contributed by atoms with Crippen LogP contribution in [0.2, 0.25) is 0 Å². The van der Waals surface area contributed by atoms with Crippen LogP contribution in [0.5, 0.6) is 11.5 Å². The maximum atomic E-state index is 5.56. The van der Waals surface area contributed by atoms with Gasteiger partial charge < -0.3 is 9.47 Å². The molecule has 6 nitrogen and oxygen atoms in total.